The Kier molecular flexibility index (Phi) is 3.64. The summed E-state index contributed by atoms with van der Waals surface area (Å²) in [5.41, 5.74) is 1.16. The van der Waals surface area contributed by atoms with Crippen LogP contribution in [-0.4, -0.2) is 54.5 Å². The van der Waals surface area contributed by atoms with Gasteiger partial charge in [-0.05, 0) is 37.1 Å². The summed E-state index contributed by atoms with van der Waals surface area (Å²) in [6.07, 6.45) is 2.74. The number of hydrogen-bond donors (Lipinski definition) is 2. The summed E-state index contributed by atoms with van der Waals surface area (Å²) < 4.78 is 4.80. The fraction of sp³-hybridized carbons (Fsp3) is 0.538. The molecule has 0 bridgehead atoms. The van der Waals surface area contributed by atoms with Crippen molar-refractivity contribution in [3.05, 3.63) is 24.3 Å². The summed E-state index contributed by atoms with van der Waals surface area (Å²) >= 11 is 0. The highest BCUT2D eigenvalue weighted by atomic mass is 16.6. The summed E-state index contributed by atoms with van der Waals surface area (Å²) in [6.45, 7) is 4.38. The van der Waals surface area contributed by atoms with E-state index in [2.05, 4.69) is 9.80 Å². The topological polar surface area (TPSA) is 56.2 Å². The van der Waals surface area contributed by atoms with Crippen molar-refractivity contribution in [1.29, 1.82) is 0 Å². The van der Waals surface area contributed by atoms with Crippen LogP contribution in [0.4, 0.5) is 5.69 Å². The lowest BCUT2D eigenvalue weighted by molar-refractivity contribution is 0.248. The van der Waals surface area contributed by atoms with Crippen molar-refractivity contribution in [2.24, 2.45) is 0 Å². The van der Waals surface area contributed by atoms with Crippen LogP contribution in [0.1, 0.15) is 12.8 Å². The molecule has 0 unspecified atom stereocenters. The maximum absolute atomic E-state index is 8.73. The molecule has 1 saturated heterocycles. The third-order valence-corrected chi connectivity index (χ3v) is 3.82. The predicted octanol–water partition coefficient (Wildman–Crippen LogP) is 0.319. The lowest BCUT2D eigenvalue weighted by Crippen LogP contribution is -2.47. The Morgan fingerprint density at radius 2 is 1.63 bits per heavy atom. The fourth-order valence-corrected chi connectivity index (χ4v) is 2.64. The maximum atomic E-state index is 8.73. The van der Waals surface area contributed by atoms with Gasteiger partial charge in [-0.15, -0.1) is 0 Å². The molecule has 19 heavy (non-hydrogen) atoms. The predicted molar refractivity (Wildman–Crippen MR) is 74.1 cm³/mol. The van der Waals surface area contributed by atoms with Gasteiger partial charge in [0.25, 0.3) is 0 Å². The minimum absolute atomic E-state index is 0.468. The van der Waals surface area contributed by atoms with E-state index in [4.69, 9.17) is 14.7 Å². The van der Waals surface area contributed by atoms with E-state index in [0.717, 1.165) is 37.9 Å². The molecule has 1 aromatic carbocycles. The average Bonchev–Trinajstić information content (AvgIpc) is 3.24. The molecule has 102 valence electrons. The van der Waals surface area contributed by atoms with Crippen LogP contribution < -0.4 is 9.55 Å². The van der Waals surface area contributed by atoms with E-state index in [1.54, 1.807) is 12.1 Å². The molecule has 6 heteroatoms. The highest BCUT2D eigenvalue weighted by molar-refractivity contribution is 6.33. The first-order valence-electron chi connectivity index (χ1n) is 6.84. The van der Waals surface area contributed by atoms with Crippen molar-refractivity contribution in [2.45, 2.75) is 18.9 Å². The van der Waals surface area contributed by atoms with Crippen LogP contribution in [0.15, 0.2) is 24.3 Å². The SMILES string of the molecule is OB(O)Oc1ccc(N2CCN(C3CC3)CC2)cc1. The molecule has 2 fully saturated rings. The first-order chi connectivity index (χ1) is 9.22. The normalized spacial score (nSPS) is 20.4. The second kappa shape index (κ2) is 5.40. The molecule has 1 aliphatic heterocycles. The highest BCUT2D eigenvalue weighted by Gasteiger charge is 2.31. The molecule has 1 saturated carbocycles. The van der Waals surface area contributed by atoms with Gasteiger partial charge in [-0.2, -0.15) is 0 Å². The lowest BCUT2D eigenvalue weighted by Gasteiger charge is -2.36. The molecular weight excluding hydrogens is 243 g/mol. The molecule has 1 aliphatic carbocycles. The Labute approximate surface area is 113 Å². The number of hydrogen-bond acceptors (Lipinski definition) is 5. The molecule has 0 radical (unpaired) electrons. The van der Waals surface area contributed by atoms with E-state index in [0.29, 0.717) is 5.75 Å². The largest absolute Gasteiger partial charge is 0.707 e. The van der Waals surface area contributed by atoms with Gasteiger partial charge in [0.15, 0.2) is 0 Å². The van der Waals surface area contributed by atoms with Crippen molar-refractivity contribution in [3.8, 4) is 5.75 Å². The molecule has 0 spiro atoms. The Morgan fingerprint density at radius 1 is 1.00 bits per heavy atom. The van der Waals surface area contributed by atoms with Crippen LogP contribution in [0.2, 0.25) is 0 Å². The van der Waals surface area contributed by atoms with Gasteiger partial charge in [-0.25, -0.2) is 0 Å². The zero-order valence-corrected chi connectivity index (χ0v) is 10.9. The first kappa shape index (κ1) is 12.8. The third-order valence-electron chi connectivity index (χ3n) is 3.82. The molecule has 1 heterocycles. The van der Waals surface area contributed by atoms with Crippen molar-refractivity contribution in [3.63, 3.8) is 0 Å². The zero-order chi connectivity index (χ0) is 13.2. The zero-order valence-electron chi connectivity index (χ0n) is 10.9. The van der Waals surface area contributed by atoms with Crippen LogP contribution in [0.25, 0.3) is 0 Å². The average molecular weight is 262 g/mol. The number of piperazine rings is 1. The smallest absolute Gasteiger partial charge is 0.512 e. The van der Waals surface area contributed by atoms with Crippen molar-refractivity contribution < 1.29 is 14.7 Å². The number of rotatable bonds is 4. The minimum atomic E-state index is -1.76. The summed E-state index contributed by atoms with van der Waals surface area (Å²) in [6, 6.07) is 8.31. The van der Waals surface area contributed by atoms with Crippen LogP contribution in [0.3, 0.4) is 0 Å². The van der Waals surface area contributed by atoms with Gasteiger partial charge in [-0.1, -0.05) is 0 Å². The van der Waals surface area contributed by atoms with Gasteiger partial charge >= 0.3 is 7.32 Å². The summed E-state index contributed by atoms with van der Waals surface area (Å²) in [7, 11) is -1.76. The van der Waals surface area contributed by atoms with Crippen LogP contribution >= 0.6 is 0 Å². The van der Waals surface area contributed by atoms with E-state index < -0.39 is 7.32 Å². The van der Waals surface area contributed by atoms with Gasteiger partial charge in [0.05, 0.1) is 0 Å². The number of anilines is 1. The lowest BCUT2D eigenvalue weighted by atomic mass is 10.2. The molecule has 5 nitrogen and oxygen atoms in total. The van der Waals surface area contributed by atoms with Crippen molar-refractivity contribution >= 4 is 13.0 Å². The van der Waals surface area contributed by atoms with Gasteiger partial charge in [-0.3, -0.25) is 4.90 Å². The van der Waals surface area contributed by atoms with Gasteiger partial charge in [0.1, 0.15) is 5.75 Å². The van der Waals surface area contributed by atoms with E-state index in [9.17, 15) is 0 Å². The Morgan fingerprint density at radius 3 is 2.16 bits per heavy atom. The van der Waals surface area contributed by atoms with Gasteiger partial charge in [0, 0.05) is 37.9 Å². The molecule has 0 amide bonds. The Bertz CT molecular complexity index is 414. The fourth-order valence-electron chi connectivity index (χ4n) is 2.64. The summed E-state index contributed by atoms with van der Waals surface area (Å²) in [5, 5.41) is 17.5. The van der Waals surface area contributed by atoms with E-state index in [1.165, 1.54) is 12.8 Å². The third kappa shape index (κ3) is 3.21. The molecule has 0 aromatic heterocycles. The molecule has 0 atom stereocenters. The first-order valence-corrected chi connectivity index (χ1v) is 6.84. The van der Waals surface area contributed by atoms with Crippen LogP contribution in [0, 0.1) is 0 Å². The molecule has 1 aromatic rings. The van der Waals surface area contributed by atoms with E-state index in [-0.39, 0.29) is 0 Å². The minimum Gasteiger partial charge on any atom is -0.512 e. The summed E-state index contributed by atoms with van der Waals surface area (Å²) in [5.74, 6) is 0.468. The van der Waals surface area contributed by atoms with Gasteiger partial charge < -0.3 is 19.6 Å². The van der Waals surface area contributed by atoms with Crippen LogP contribution in [-0.2, 0) is 0 Å². The number of nitrogens with zero attached hydrogens (tertiary/aromatic N) is 2. The van der Waals surface area contributed by atoms with E-state index in [1.807, 2.05) is 12.1 Å². The highest BCUT2D eigenvalue weighted by Crippen LogP contribution is 2.28. The molecule has 2 aliphatic rings. The Balaban J connectivity index is 1.57. The van der Waals surface area contributed by atoms with Crippen molar-refractivity contribution in [1.82, 2.24) is 4.90 Å². The summed E-state index contributed by atoms with van der Waals surface area (Å²) in [4.78, 5) is 4.94. The monoisotopic (exact) mass is 262 g/mol. The number of benzene rings is 1. The second-order valence-electron chi connectivity index (χ2n) is 5.19. The standard InChI is InChI=1S/C13H19BN2O3/c17-14(18)19-13-5-3-12(4-6-13)16-9-7-15(8-10-16)11-1-2-11/h3-6,11,17-18H,1-2,7-10H2. The second-order valence-corrected chi connectivity index (χ2v) is 5.19. The molecule has 2 N–H and O–H groups in total. The quantitative estimate of drug-likeness (QED) is 0.765. The molecule has 3 rings (SSSR count). The molecular formula is C13H19BN2O3. The van der Waals surface area contributed by atoms with Gasteiger partial charge in [0.2, 0.25) is 0 Å². The van der Waals surface area contributed by atoms with Crippen molar-refractivity contribution in [2.75, 3.05) is 31.1 Å². The maximum Gasteiger partial charge on any atom is 0.707 e. The Hall–Kier alpha value is -1.24. The van der Waals surface area contributed by atoms with E-state index >= 15 is 0 Å². The van der Waals surface area contributed by atoms with Crippen LogP contribution in [0.5, 0.6) is 5.75 Å².